The summed E-state index contributed by atoms with van der Waals surface area (Å²) >= 11 is 0. The molecule has 3 heterocycles. The summed E-state index contributed by atoms with van der Waals surface area (Å²) in [6.45, 7) is 8.35. The zero-order valence-electron chi connectivity index (χ0n) is 17.3. The summed E-state index contributed by atoms with van der Waals surface area (Å²) in [7, 11) is -3.57. The lowest BCUT2D eigenvalue weighted by Gasteiger charge is -2.32. The van der Waals surface area contributed by atoms with Gasteiger partial charge in [-0.1, -0.05) is 0 Å². The zero-order chi connectivity index (χ0) is 20.6. The number of hydrogen-bond donors (Lipinski definition) is 0. The molecule has 1 fully saturated rings. The first-order valence-corrected chi connectivity index (χ1v) is 11.7. The first-order valence-electron chi connectivity index (χ1n) is 10.3. The van der Waals surface area contributed by atoms with Crippen molar-refractivity contribution in [2.45, 2.75) is 51.0 Å². The number of benzene rings is 1. The van der Waals surface area contributed by atoms with Crippen LogP contribution in [0.2, 0.25) is 0 Å². The van der Waals surface area contributed by atoms with Gasteiger partial charge in [0.25, 0.3) is 0 Å². The first kappa shape index (κ1) is 20.2. The molecule has 0 N–H and O–H groups in total. The van der Waals surface area contributed by atoms with Gasteiger partial charge in [-0.3, -0.25) is 0 Å². The Balaban J connectivity index is 1.52. The minimum atomic E-state index is -3.57. The Kier molecular flexibility index (Phi) is 5.57. The van der Waals surface area contributed by atoms with E-state index in [1.54, 1.807) is 22.5 Å². The van der Waals surface area contributed by atoms with Crippen LogP contribution in [0.25, 0.3) is 0 Å². The van der Waals surface area contributed by atoms with Gasteiger partial charge in [0.05, 0.1) is 4.90 Å². The van der Waals surface area contributed by atoms with Crippen LogP contribution in [-0.2, 0) is 16.4 Å². The molecule has 1 unspecified atom stereocenters. The first-order chi connectivity index (χ1) is 13.9. The van der Waals surface area contributed by atoms with Crippen LogP contribution in [0.1, 0.15) is 44.2 Å². The summed E-state index contributed by atoms with van der Waals surface area (Å²) in [6, 6.07) is 5.22. The second-order valence-corrected chi connectivity index (χ2v) is 10.1. The Hall–Kier alpha value is -2.06. The molecule has 0 spiro atoms. The van der Waals surface area contributed by atoms with Gasteiger partial charge in [-0.25, -0.2) is 13.4 Å². The fourth-order valence-corrected chi connectivity index (χ4v) is 5.93. The molecule has 0 saturated carbocycles. The number of ether oxygens (including phenoxy) is 2. The van der Waals surface area contributed by atoms with E-state index in [2.05, 4.69) is 30.3 Å². The lowest BCUT2D eigenvalue weighted by Crippen LogP contribution is -2.40. The highest BCUT2D eigenvalue weighted by Crippen LogP contribution is 2.34. The molecule has 0 radical (unpaired) electrons. The van der Waals surface area contributed by atoms with Crippen LogP contribution in [-0.4, -0.2) is 48.6 Å². The van der Waals surface area contributed by atoms with Gasteiger partial charge in [-0.15, -0.1) is 0 Å². The fourth-order valence-electron chi connectivity index (χ4n) is 4.36. The molecule has 1 saturated heterocycles. The number of aryl methyl sites for hydroxylation is 1. The third-order valence-electron chi connectivity index (χ3n) is 5.68. The number of piperidine rings is 1. The van der Waals surface area contributed by atoms with E-state index in [-0.39, 0.29) is 10.8 Å². The van der Waals surface area contributed by atoms with Crippen molar-refractivity contribution in [3.05, 3.63) is 35.9 Å². The van der Waals surface area contributed by atoms with E-state index in [4.69, 9.17) is 9.47 Å². The fraction of sp³-hybridized carbons (Fsp3) is 0.571. The molecule has 1 aromatic carbocycles. The number of nitrogens with zero attached hydrogens (tertiary/aromatic N) is 3. The van der Waals surface area contributed by atoms with E-state index >= 15 is 0 Å². The third-order valence-corrected chi connectivity index (χ3v) is 7.54. The van der Waals surface area contributed by atoms with Gasteiger partial charge in [0, 0.05) is 43.5 Å². The minimum absolute atomic E-state index is 0.259. The number of rotatable bonds is 5. The van der Waals surface area contributed by atoms with Crippen LogP contribution in [0, 0.1) is 12.8 Å². The van der Waals surface area contributed by atoms with Gasteiger partial charge < -0.3 is 14.0 Å². The normalized spacial score (nSPS) is 20.2. The lowest BCUT2D eigenvalue weighted by atomic mass is 9.96. The van der Waals surface area contributed by atoms with E-state index < -0.39 is 10.0 Å². The van der Waals surface area contributed by atoms with Crippen molar-refractivity contribution in [3.63, 3.8) is 0 Å². The molecule has 4 rings (SSSR count). The molecule has 1 aromatic heterocycles. The van der Waals surface area contributed by atoms with Crippen molar-refractivity contribution in [2.75, 3.05) is 26.3 Å². The molecule has 2 aliphatic heterocycles. The maximum absolute atomic E-state index is 13.3. The van der Waals surface area contributed by atoms with E-state index in [1.165, 1.54) is 0 Å². The predicted octanol–water partition coefficient (Wildman–Crippen LogP) is 3.19. The predicted molar refractivity (Wildman–Crippen MR) is 110 cm³/mol. The van der Waals surface area contributed by atoms with Gasteiger partial charge in [-0.05, 0) is 51.7 Å². The van der Waals surface area contributed by atoms with Gasteiger partial charge in [-0.2, -0.15) is 4.31 Å². The van der Waals surface area contributed by atoms with Gasteiger partial charge in [0.15, 0.2) is 11.5 Å². The van der Waals surface area contributed by atoms with Crippen molar-refractivity contribution < 1.29 is 17.9 Å². The molecule has 0 amide bonds. The largest absolute Gasteiger partial charge is 0.486 e. The molecule has 29 heavy (non-hydrogen) atoms. The highest BCUT2D eigenvalue weighted by Gasteiger charge is 2.32. The molecular formula is C21H29N3O4S. The Morgan fingerprint density at radius 3 is 2.72 bits per heavy atom. The summed E-state index contributed by atoms with van der Waals surface area (Å²) in [5.41, 5.74) is 1.14. The molecule has 0 bridgehead atoms. The number of fused-ring (bicyclic) bond motifs is 1. The average Bonchev–Trinajstić information content (AvgIpc) is 3.08. The summed E-state index contributed by atoms with van der Waals surface area (Å²) in [4.78, 5) is 4.85. The highest BCUT2D eigenvalue weighted by molar-refractivity contribution is 7.89. The van der Waals surface area contributed by atoms with E-state index in [9.17, 15) is 8.42 Å². The Bertz CT molecular complexity index is 984. The molecule has 7 nitrogen and oxygen atoms in total. The maximum Gasteiger partial charge on any atom is 0.243 e. The number of imidazole rings is 1. The van der Waals surface area contributed by atoms with Crippen molar-refractivity contribution >= 4 is 10.0 Å². The van der Waals surface area contributed by atoms with E-state index in [0.29, 0.717) is 43.8 Å². The van der Waals surface area contributed by atoms with Gasteiger partial charge in [0.1, 0.15) is 19.0 Å². The molecule has 2 aromatic rings. The van der Waals surface area contributed by atoms with Crippen molar-refractivity contribution in [3.8, 4) is 11.5 Å². The van der Waals surface area contributed by atoms with Crippen LogP contribution in [0.4, 0.5) is 0 Å². The Labute approximate surface area is 172 Å². The summed E-state index contributed by atoms with van der Waals surface area (Å²) in [5, 5.41) is 0. The van der Waals surface area contributed by atoms with E-state index in [0.717, 1.165) is 30.8 Å². The molecular weight excluding hydrogens is 390 g/mol. The lowest BCUT2D eigenvalue weighted by molar-refractivity contribution is 0.171. The molecule has 158 valence electrons. The molecule has 0 aliphatic carbocycles. The van der Waals surface area contributed by atoms with Crippen molar-refractivity contribution in [1.82, 2.24) is 13.9 Å². The molecule has 2 aliphatic rings. The smallest absolute Gasteiger partial charge is 0.243 e. The SMILES string of the molecule is Cc1cnc(CC2CCCN(S(=O)(=O)c3ccc4c(c3)OCCO4)C2)n1C(C)C. The third kappa shape index (κ3) is 4.00. The minimum Gasteiger partial charge on any atom is -0.486 e. The van der Waals surface area contributed by atoms with Crippen molar-refractivity contribution in [1.29, 1.82) is 0 Å². The topological polar surface area (TPSA) is 73.7 Å². The Morgan fingerprint density at radius 1 is 1.21 bits per heavy atom. The zero-order valence-corrected chi connectivity index (χ0v) is 18.1. The number of sulfonamides is 1. The van der Waals surface area contributed by atoms with Gasteiger partial charge >= 0.3 is 0 Å². The second kappa shape index (κ2) is 7.99. The number of aromatic nitrogens is 2. The Morgan fingerprint density at radius 2 is 1.97 bits per heavy atom. The van der Waals surface area contributed by atoms with Crippen LogP contribution in [0.15, 0.2) is 29.3 Å². The average molecular weight is 420 g/mol. The standard InChI is InChI=1S/C21H29N3O4S/c1-15(2)24-16(3)13-22-21(24)11-17-5-4-8-23(14-17)29(25,26)18-6-7-19-20(12-18)28-10-9-27-19/h6-7,12-13,15,17H,4-5,8-11,14H2,1-3H3. The summed E-state index contributed by atoms with van der Waals surface area (Å²) < 4.78 is 41.5. The second-order valence-electron chi connectivity index (χ2n) is 8.16. The monoisotopic (exact) mass is 419 g/mol. The quantitative estimate of drug-likeness (QED) is 0.744. The van der Waals surface area contributed by atoms with Crippen LogP contribution in [0.3, 0.4) is 0 Å². The number of hydrogen-bond acceptors (Lipinski definition) is 5. The van der Waals surface area contributed by atoms with Gasteiger partial charge in [0.2, 0.25) is 10.0 Å². The maximum atomic E-state index is 13.3. The van der Waals surface area contributed by atoms with Crippen LogP contribution in [0.5, 0.6) is 11.5 Å². The van der Waals surface area contributed by atoms with Crippen LogP contribution >= 0.6 is 0 Å². The molecule has 8 heteroatoms. The summed E-state index contributed by atoms with van der Waals surface area (Å²) in [5.74, 6) is 2.40. The molecule has 1 atom stereocenters. The van der Waals surface area contributed by atoms with E-state index in [1.807, 2.05) is 6.20 Å². The highest BCUT2D eigenvalue weighted by atomic mass is 32.2. The summed E-state index contributed by atoms with van der Waals surface area (Å²) in [6.07, 6.45) is 4.56. The van der Waals surface area contributed by atoms with Crippen LogP contribution < -0.4 is 9.47 Å². The van der Waals surface area contributed by atoms with Crippen molar-refractivity contribution in [2.24, 2.45) is 5.92 Å².